The number of aryl methyl sites for hydroxylation is 1. The van der Waals surface area contributed by atoms with E-state index in [9.17, 15) is 9.59 Å². The van der Waals surface area contributed by atoms with Crippen molar-refractivity contribution >= 4 is 39.5 Å². The lowest BCUT2D eigenvalue weighted by atomic mass is 9.87. The third-order valence-electron chi connectivity index (χ3n) is 7.97. The van der Waals surface area contributed by atoms with Crippen molar-refractivity contribution < 1.29 is 9.59 Å². The SMILES string of the molecule is CCC(C)=C(/C=C(/Nc1ccc(C2CCCN2C)cn1)C(=O)NC)c1nc(C)c(NC(=O)c2ccc(C(C)(C)C)cc2)s1. The Morgan fingerprint density at radius 2 is 1.84 bits per heavy atom. The van der Waals surface area contributed by atoms with E-state index < -0.39 is 0 Å². The Labute approximate surface area is 259 Å². The van der Waals surface area contributed by atoms with Crippen molar-refractivity contribution in [3.05, 3.63) is 87.3 Å². The van der Waals surface area contributed by atoms with Gasteiger partial charge in [-0.3, -0.25) is 14.5 Å². The minimum absolute atomic E-state index is 0.0138. The van der Waals surface area contributed by atoms with Gasteiger partial charge in [-0.1, -0.05) is 62.8 Å². The molecule has 1 fully saturated rings. The Hall–Kier alpha value is -3.82. The Bertz CT molecular complexity index is 1510. The normalized spacial score (nSPS) is 16.6. The van der Waals surface area contributed by atoms with Gasteiger partial charge < -0.3 is 16.0 Å². The summed E-state index contributed by atoms with van der Waals surface area (Å²) in [4.78, 5) is 37.9. The molecule has 0 bridgehead atoms. The van der Waals surface area contributed by atoms with E-state index in [0.717, 1.165) is 41.2 Å². The third kappa shape index (κ3) is 7.77. The fraction of sp³-hybridized carbons (Fsp3) is 0.412. The van der Waals surface area contributed by atoms with Gasteiger partial charge in [0, 0.05) is 30.4 Å². The van der Waals surface area contributed by atoms with Crippen LogP contribution in [0.4, 0.5) is 10.8 Å². The number of allylic oxidation sites excluding steroid dienone is 3. The van der Waals surface area contributed by atoms with Crippen LogP contribution in [-0.2, 0) is 10.2 Å². The quantitative estimate of drug-likeness (QED) is 0.179. The summed E-state index contributed by atoms with van der Waals surface area (Å²) in [6.45, 7) is 13.5. The van der Waals surface area contributed by atoms with E-state index in [-0.39, 0.29) is 17.2 Å². The lowest BCUT2D eigenvalue weighted by Crippen LogP contribution is -2.25. The Morgan fingerprint density at radius 3 is 2.40 bits per heavy atom. The first-order chi connectivity index (χ1) is 20.4. The Morgan fingerprint density at radius 1 is 1.12 bits per heavy atom. The fourth-order valence-electron chi connectivity index (χ4n) is 5.07. The zero-order chi connectivity index (χ0) is 31.3. The van der Waals surface area contributed by atoms with Crippen LogP contribution < -0.4 is 16.0 Å². The van der Waals surface area contributed by atoms with Crippen LogP contribution in [-0.4, -0.2) is 47.3 Å². The number of thiazole rings is 1. The molecule has 1 aromatic carbocycles. The molecule has 8 nitrogen and oxygen atoms in total. The van der Waals surface area contributed by atoms with E-state index in [1.54, 1.807) is 7.05 Å². The summed E-state index contributed by atoms with van der Waals surface area (Å²) in [6.07, 6.45) is 6.79. The van der Waals surface area contributed by atoms with Crippen LogP contribution in [0.5, 0.6) is 0 Å². The molecular weight excluding hydrogens is 556 g/mol. The molecule has 228 valence electrons. The first-order valence-electron chi connectivity index (χ1n) is 14.9. The van der Waals surface area contributed by atoms with Crippen molar-refractivity contribution in [2.75, 3.05) is 31.3 Å². The number of anilines is 2. The Kier molecular flexibility index (Phi) is 10.2. The van der Waals surface area contributed by atoms with E-state index in [0.29, 0.717) is 28.1 Å². The number of hydrogen-bond acceptors (Lipinski definition) is 7. The number of aromatic nitrogens is 2. The minimum atomic E-state index is -0.261. The summed E-state index contributed by atoms with van der Waals surface area (Å²) < 4.78 is 0. The van der Waals surface area contributed by atoms with Gasteiger partial charge in [-0.25, -0.2) is 9.97 Å². The second-order valence-corrected chi connectivity index (χ2v) is 13.1. The summed E-state index contributed by atoms with van der Waals surface area (Å²) in [5, 5.41) is 10.4. The monoisotopic (exact) mass is 600 g/mol. The average molecular weight is 601 g/mol. The number of nitrogens with zero attached hydrogens (tertiary/aromatic N) is 3. The molecule has 1 aliphatic rings. The zero-order valence-corrected chi connectivity index (χ0v) is 27.4. The van der Waals surface area contributed by atoms with Crippen molar-refractivity contribution in [1.29, 1.82) is 0 Å². The highest BCUT2D eigenvalue weighted by Gasteiger charge is 2.23. The molecule has 2 amide bonds. The number of nitrogens with one attached hydrogen (secondary N) is 3. The van der Waals surface area contributed by atoms with Gasteiger partial charge in [0.05, 0.1) is 5.69 Å². The highest BCUT2D eigenvalue weighted by molar-refractivity contribution is 7.17. The maximum absolute atomic E-state index is 13.1. The number of benzene rings is 1. The number of rotatable bonds is 9. The molecule has 1 aliphatic heterocycles. The molecule has 0 radical (unpaired) electrons. The van der Waals surface area contributed by atoms with Crippen molar-refractivity contribution in [3.63, 3.8) is 0 Å². The van der Waals surface area contributed by atoms with Crippen LogP contribution in [0, 0.1) is 6.92 Å². The van der Waals surface area contributed by atoms with Crippen LogP contribution in [0.3, 0.4) is 0 Å². The van der Waals surface area contributed by atoms with Gasteiger partial charge in [0.1, 0.15) is 21.5 Å². The second-order valence-electron chi connectivity index (χ2n) is 12.1. The van der Waals surface area contributed by atoms with Gasteiger partial charge in [-0.15, -0.1) is 0 Å². The smallest absolute Gasteiger partial charge is 0.267 e. The number of carbonyl (C=O) groups excluding carboxylic acids is 2. The van der Waals surface area contributed by atoms with Gasteiger partial charge >= 0.3 is 0 Å². The standard InChI is InChI=1S/C34H44N6O2S/c1-9-21(2)26(19-27(31(42)35-7)38-29-17-14-24(20-36-29)28-11-10-18-40(28)8)33-37-22(3)32(43-33)39-30(41)23-12-15-25(16-13-23)34(4,5)6/h12-17,19-20,28H,9-11,18H2,1-8H3,(H,35,42)(H,36,38)(H,39,41)/b26-21?,27-19+. The largest absolute Gasteiger partial charge is 0.354 e. The van der Waals surface area contributed by atoms with Gasteiger partial charge in [0.15, 0.2) is 0 Å². The molecule has 1 saturated heterocycles. The van der Waals surface area contributed by atoms with Crippen molar-refractivity contribution in [2.24, 2.45) is 0 Å². The molecule has 43 heavy (non-hydrogen) atoms. The molecule has 3 aromatic rings. The summed E-state index contributed by atoms with van der Waals surface area (Å²) in [5.74, 6) is 0.148. The second kappa shape index (κ2) is 13.7. The number of pyridine rings is 1. The molecule has 0 saturated carbocycles. The number of amides is 2. The first-order valence-corrected chi connectivity index (χ1v) is 15.7. The van der Waals surface area contributed by atoms with Gasteiger partial charge in [0.2, 0.25) is 0 Å². The topological polar surface area (TPSA) is 99.2 Å². The number of likely N-dealkylation sites (tertiary alicyclic amines) is 1. The van der Waals surface area contributed by atoms with Crippen LogP contribution >= 0.6 is 11.3 Å². The molecule has 1 unspecified atom stereocenters. The summed E-state index contributed by atoms with van der Waals surface area (Å²) in [6, 6.07) is 12.1. The molecule has 9 heteroatoms. The van der Waals surface area contributed by atoms with E-state index in [2.05, 4.69) is 66.6 Å². The van der Waals surface area contributed by atoms with Crippen molar-refractivity contribution in [3.8, 4) is 0 Å². The number of carbonyl (C=O) groups is 2. The van der Waals surface area contributed by atoms with E-state index in [1.807, 2.05) is 56.5 Å². The molecular formula is C34H44N6O2S. The van der Waals surface area contributed by atoms with Crippen molar-refractivity contribution in [1.82, 2.24) is 20.2 Å². The fourth-order valence-corrected chi connectivity index (χ4v) is 6.12. The maximum Gasteiger partial charge on any atom is 0.267 e. The molecule has 4 rings (SSSR count). The lowest BCUT2D eigenvalue weighted by Gasteiger charge is -2.19. The van der Waals surface area contributed by atoms with Crippen LogP contribution in [0.25, 0.3) is 5.57 Å². The highest BCUT2D eigenvalue weighted by atomic mass is 32.1. The highest BCUT2D eigenvalue weighted by Crippen LogP contribution is 2.34. The molecule has 1 atom stereocenters. The van der Waals surface area contributed by atoms with Gasteiger partial charge in [-0.2, -0.15) is 0 Å². The van der Waals surface area contributed by atoms with E-state index >= 15 is 0 Å². The lowest BCUT2D eigenvalue weighted by molar-refractivity contribution is -0.116. The Balaban J connectivity index is 1.59. The summed E-state index contributed by atoms with van der Waals surface area (Å²) in [7, 11) is 3.75. The summed E-state index contributed by atoms with van der Waals surface area (Å²) >= 11 is 1.40. The van der Waals surface area contributed by atoms with Gasteiger partial charge in [0.25, 0.3) is 11.8 Å². The van der Waals surface area contributed by atoms with E-state index in [1.165, 1.54) is 28.9 Å². The first kappa shape index (κ1) is 32.1. The molecule has 0 aliphatic carbocycles. The number of hydrogen-bond donors (Lipinski definition) is 3. The van der Waals surface area contributed by atoms with Gasteiger partial charge in [-0.05, 0) is 87.5 Å². The molecule has 3 N–H and O–H groups in total. The maximum atomic E-state index is 13.1. The van der Waals surface area contributed by atoms with Crippen LogP contribution in [0.1, 0.15) is 92.1 Å². The minimum Gasteiger partial charge on any atom is -0.354 e. The van der Waals surface area contributed by atoms with E-state index in [4.69, 9.17) is 4.98 Å². The average Bonchev–Trinajstić information content (AvgIpc) is 3.58. The summed E-state index contributed by atoms with van der Waals surface area (Å²) in [5.41, 5.74) is 5.94. The molecule has 0 spiro atoms. The van der Waals surface area contributed by atoms with Crippen LogP contribution in [0.2, 0.25) is 0 Å². The zero-order valence-electron chi connectivity index (χ0n) is 26.6. The predicted octanol–water partition coefficient (Wildman–Crippen LogP) is 7.09. The molecule has 3 heterocycles. The molecule has 2 aromatic heterocycles. The van der Waals surface area contributed by atoms with Crippen molar-refractivity contribution in [2.45, 2.75) is 72.3 Å². The van der Waals surface area contributed by atoms with Crippen LogP contribution in [0.15, 0.2) is 59.9 Å². The predicted molar refractivity (Wildman–Crippen MR) is 177 cm³/mol. The number of likely N-dealkylation sites (N-methyl/N-ethyl adjacent to an activating group) is 1. The third-order valence-corrected chi connectivity index (χ3v) is 9.08.